The van der Waals surface area contributed by atoms with E-state index in [9.17, 15) is 4.79 Å². The smallest absolute Gasteiger partial charge is 0.339 e. The molecule has 0 aliphatic rings. The lowest BCUT2D eigenvalue weighted by Gasteiger charge is -2.02. The van der Waals surface area contributed by atoms with Crippen LogP contribution >= 0.6 is 11.6 Å². The van der Waals surface area contributed by atoms with E-state index in [-0.39, 0.29) is 6.61 Å². The maximum atomic E-state index is 11.2. The number of rotatable bonds is 3. The third-order valence-electron chi connectivity index (χ3n) is 1.81. The summed E-state index contributed by atoms with van der Waals surface area (Å²) in [4.78, 5) is 11.2. The molecule has 0 atom stereocenters. The summed E-state index contributed by atoms with van der Waals surface area (Å²) in [7, 11) is 1.30. The van der Waals surface area contributed by atoms with Crippen molar-refractivity contribution in [3.63, 3.8) is 0 Å². The Morgan fingerprint density at radius 1 is 1.60 bits per heavy atom. The maximum absolute atomic E-state index is 11.2. The quantitative estimate of drug-likeness (QED) is 0.804. The van der Waals surface area contributed by atoms with E-state index in [2.05, 4.69) is 4.74 Å². The summed E-state index contributed by atoms with van der Waals surface area (Å²) in [5.41, 5.74) is 1.15. The summed E-state index contributed by atoms with van der Waals surface area (Å²) in [5.74, 6) is -0.460. The third kappa shape index (κ3) is 3.08. The fraction of sp³-hybridized carbons (Fsp3) is 0.182. The molecule has 0 heterocycles. The number of benzene rings is 1. The third-order valence-corrected chi connectivity index (χ3v) is 2.13. The zero-order valence-electron chi connectivity index (χ0n) is 8.24. The minimum atomic E-state index is -0.460. The molecule has 0 bridgehead atoms. The van der Waals surface area contributed by atoms with Crippen LogP contribution in [0.2, 0.25) is 5.02 Å². The minimum Gasteiger partial charge on any atom is -0.465 e. The van der Waals surface area contributed by atoms with Crippen LogP contribution in [-0.2, 0) is 4.74 Å². The highest BCUT2D eigenvalue weighted by Gasteiger charge is 2.09. The van der Waals surface area contributed by atoms with Gasteiger partial charge in [-0.25, -0.2) is 4.79 Å². The normalized spacial score (nSPS) is 10.6. The summed E-state index contributed by atoms with van der Waals surface area (Å²) in [6.45, 7) is -0.0314. The first-order chi connectivity index (χ1) is 7.19. The van der Waals surface area contributed by atoms with Crippen molar-refractivity contribution in [1.29, 1.82) is 0 Å². The Bertz CT molecular complexity index is 385. The van der Waals surface area contributed by atoms with Crippen molar-refractivity contribution in [2.24, 2.45) is 0 Å². The maximum Gasteiger partial charge on any atom is 0.339 e. The number of hydrogen-bond acceptors (Lipinski definition) is 3. The van der Waals surface area contributed by atoms with Crippen molar-refractivity contribution in [3.8, 4) is 0 Å². The highest BCUT2D eigenvalue weighted by Crippen LogP contribution is 2.19. The number of esters is 1. The number of halogens is 1. The van der Waals surface area contributed by atoms with E-state index in [1.165, 1.54) is 7.11 Å². The number of methoxy groups -OCH3 is 1. The SMILES string of the molecule is COC(=O)c1ccc(/C=C/CO)cc1Cl. The molecule has 0 amide bonds. The number of carbonyl (C=O) groups excluding carboxylic acids is 1. The van der Waals surface area contributed by atoms with Crippen molar-refractivity contribution in [2.75, 3.05) is 13.7 Å². The molecule has 3 nitrogen and oxygen atoms in total. The first-order valence-electron chi connectivity index (χ1n) is 4.34. The van der Waals surface area contributed by atoms with Gasteiger partial charge in [0.2, 0.25) is 0 Å². The van der Waals surface area contributed by atoms with Gasteiger partial charge >= 0.3 is 5.97 Å². The van der Waals surface area contributed by atoms with Crippen LogP contribution < -0.4 is 0 Å². The van der Waals surface area contributed by atoms with E-state index >= 15 is 0 Å². The molecule has 4 heteroatoms. The molecule has 0 aliphatic heterocycles. The Labute approximate surface area is 92.9 Å². The highest BCUT2D eigenvalue weighted by molar-refractivity contribution is 6.33. The molecular weight excluding hydrogens is 216 g/mol. The average Bonchev–Trinajstić information content (AvgIpc) is 2.25. The molecule has 0 aromatic heterocycles. The van der Waals surface area contributed by atoms with E-state index in [0.717, 1.165) is 5.56 Å². The van der Waals surface area contributed by atoms with E-state index in [1.54, 1.807) is 30.4 Å². The van der Waals surface area contributed by atoms with Gasteiger partial charge in [0.1, 0.15) is 0 Å². The fourth-order valence-corrected chi connectivity index (χ4v) is 1.37. The Morgan fingerprint density at radius 2 is 2.33 bits per heavy atom. The number of ether oxygens (including phenoxy) is 1. The van der Waals surface area contributed by atoms with E-state index < -0.39 is 5.97 Å². The number of hydrogen-bond donors (Lipinski definition) is 1. The van der Waals surface area contributed by atoms with Gasteiger partial charge in [0.15, 0.2) is 0 Å². The number of carbonyl (C=O) groups is 1. The molecule has 0 saturated carbocycles. The molecule has 0 spiro atoms. The zero-order chi connectivity index (χ0) is 11.3. The van der Waals surface area contributed by atoms with Crippen molar-refractivity contribution < 1.29 is 14.6 Å². The van der Waals surface area contributed by atoms with Crippen LogP contribution in [0.25, 0.3) is 6.08 Å². The Balaban J connectivity index is 2.98. The van der Waals surface area contributed by atoms with Crippen molar-refractivity contribution >= 4 is 23.6 Å². The second-order valence-electron chi connectivity index (χ2n) is 2.82. The van der Waals surface area contributed by atoms with Gasteiger partial charge in [-0.3, -0.25) is 0 Å². The van der Waals surface area contributed by atoms with E-state index in [0.29, 0.717) is 10.6 Å². The second-order valence-corrected chi connectivity index (χ2v) is 3.22. The van der Waals surface area contributed by atoms with Crippen LogP contribution in [0.3, 0.4) is 0 Å². The summed E-state index contributed by atoms with van der Waals surface area (Å²) in [5, 5.41) is 8.92. The molecule has 0 radical (unpaired) electrons. The van der Waals surface area contributed by atoms with Gasteiger partial charge in [0, 0.05) is 0 Å². The largest absolute Gasteiger partial charge is 0.465 e. The minimum absolute atomic E-state index is 0.0314. The molecule has 0 fully saturated rings. The Morgan fingerprint density at radius 3 is 2.87 bits per heavy atom. The summed E-state index contributed by atoms with van der Waals surface area (Å²) >= 11 is 5.88. The monoisotopic (exact) mass is 226 g/mol. The van der Waals surface area contributed by atoms with E-state index in [1.807, 2.05) is 0 Å². The first kappa shape index (κ1) is 11.8. The van der Waals surface area contributed by atoms with Gasteiger partial charge in [0.25, 0.3) is 0 Å². The van der Waals surface area contributed by atoms with Gasteiger partial charge in [-0.2, -0.15) is 0 Å². The predicted octanol–water partition coefficient (Wildman–Crippen LogP) is 2.13. The number of aliphatic hydroxyl groups is 1. The van der Waals surface area contributed by atoms with Gasteiger partial charge in [0.05, 0.1) is 24.3 Å². The second kappa shape index (κ2) is 5.53. The Hall–Kier alpha value is -1.32. The summed E-state index contributed by atoms with van der Waals surface area (Å²) < 4.78 is 4.56. The Kier molecular flexibility index (Phi) is 4.34. The van der Waals surface area contributed by atoms with Crippen molar-refractivity contribution in [2.45, 2.75) is 0 Å². The molecular formula is C11H11ClO3. The van der Waals surface area contributed by atoms with Gasteiger partial charge in [-0.15, -0.1) is 0 Å². The van der Waals surface area contributed by atoms with E-state index in [4.69, 9.17) is 16.7 Å². The van der Waals surface area contributed by atoms with Crippen LogP contribution in [-0.4, -0.2) is 24.8 Å². The molecule has 0 saturated heterocycles. The van der Waals surface area contributed by atoms with Gasteiger partial charge in [-0.1, -0.05) is 29.8 Å². The van der Waals surface area contributed by atoms with Crippen LogP contribution in [0, 0.1) is 0 Å². The lowest BCUT2D eigenvalue weighted by Crippen LogP contribution is -2.01. The topological polar surface area (TPSA) is 46.5 Å². The predicted molar refractivity (Wildman–Crippen MR) is 58.9 cm³/mol. The van der Waals surface area contributed by atoms with Crippen LogP contribution in [0.4, 0.5) is 0 Å². The first-order valence-corrected chi connectivity index (χ1v) is 4.72. The fourth-order valence-electron chi connectivity index (χ4n) is 1.10. The standard InChI is InChI=1S/C11H11ClO3/c1-15-11(14)9-5-4-8(3-2-6-13)7-10(9)12/h2-5,7,13H,6H2,1H3/b3-2+. The molecule has 1 aromatic carbocycles. The van der Waals surface area contributed by atoms with Crippen LogP contribution in [0.1, 0.15) is 15.9 Å². The van der Waals surface area contributed by atoms with Crippen LogP contribution in [0.15, 0.2) is 24.3 Å². The molecule has 15 heavy (non-hydrogen) atoms. The average molecular weight is 227 g/mol. The molecule has 80 valence electrons. The summed E-state index contributed by atoms with van der Waals surface area (Å²) in [6.07, 6.45) is 3.30. The molecule has 1 N–H and O–H groups in total. The molecule has 1 aromatic rings. The molecule has 1 rings (SSSR count). The molecule has 0 unspecified atom stereocenters. The lowest BCUT2D eigenvalue weighted by atomic mass is 10.1. The van der Waals surface area contributed by atoms with Crippen molar-refractivity contribution in [1.82, 2.24) is 0 Å². The van der Waals surface area contributed by atoms with Gasteiger partial charge < -0.3 is 9.84 Å². The van der Waals surface area contributed by atoms with Crippen molar-refractivity contribution in [3.05, 3.63) is 40.4 Å². The number of aliphatic hydroxyl groups excluding tert-OH is 1. The van der Waals surface area contributed by atoms with Crippen LogP contribution in [0.5, 0.6) is 0 Å². The highest BCUT2D eigenvalue weighted by atomic mass is 35.5. The summed E-state index contributed by atoms with van der Waals surface area (Å²) in [6, 6.07) is 4.95. The lowest BCUT2D eigenvalue weighted by molar-refractivity contribution is 0.0601. The molecule has 0 aliphatic carbocycles. The van der Waals surface area contributed by atoms with Gasteiger partial charge in [-0.05, 0) is 17.7 Å². The zero-order valence-corrected chi connectivity index (χ0v) is 8.99.